The molecule has 0 aliphatic rings. The summed E-state index contributed by atoms with van der Waals surface area (Å²) in [6, 6.07) is 0. The number of hydrogen-bond acceptors (Lipinski definition) is 0. The van der Waals surface area contributed by atoms with Crippen molar-refractivity contribution in [3.05, 3.63) is 0 Å². The van der Waals surface area contributed by atoms with Gasteiger partial charge in [-0.05, 0) is 0 Å². The Labute approximate surface area is 106 Å². The van der Waals surface area contributed by atoms with E-state index in [1.807, 2.05) is 0 Å². The van der Waals surface area contributed by atoms with Crippen molar-refractivity contribution in [3.8, 4) is 0 Å². The van der Waals surface area contributed by atoms with Gasteiger partial charge in [0.2, 0.25) is 0 Å². The van der Waals surface area contributed by atoms with Crippen molar-refractivity contribution >= 4 is 31.5 Å². The van der Waals surface area contributed by atoms with E-state index in [0.717, 1.165) is 11.8 Å². The molecule has 0 atom stereocenters. The molecule has 0 aromatic carbocycles. The van der Waals surface area contributed by atoms with Crippen molar-refractivity contribution in [2.24, 2.45) is 11.8 Å². The Morgan fingerprint density at radius 1 is 0.929 bits per heavy atom. The summed E-state index contributed by atoms with van der Waals surface area (Å²) >= 11 is -0.367. The van der Waals surface area contributed by atoms with Crippen molar-refractivity contribution < 1.29 is 0 Å². The highest BCUT2D eigenvalue weighted by molar-refractivity contribution is 6.58. The monoisotopic (exact) mass is 228 g/mol. The van der Waals surface area contributed by atoms with Crippen LogP contribution >= 0.6 is 0 Å². The van der Waals surface area contributed by atoms with Crippen LogP contribution in [0.4, 0.5) is 0 Å². The first-order chi connectivity index (χ1) is 6.06. The van der Waals surface area contributed by atoms with Gasteiger partial charge >= 0.3 is 0 Å². The van der Waals surface area contributed by atoms with Crippen LogP contribution in [0.5, 0.6) is 0 Å². The molecule has 84 valence electrons. The Hall–Kier alpha value is 1.06. The summed E-state index contributed by atoms with van der Waals surface area (Å²) in [5, 5.41) is 4.73. The lowest BCUT2D eigenvalue weighted by Gasteiger charge is -2.15. The summed E-state index contributed by atoms with van der Waals surface area (Å²) in [5.41, 5.74) is 0. The maximum Gasteiger partial charge on any atom is 0.262 e. The average Bonchev–Trinajstić information content (AvgIpc) is 1.98. The van der Waals surface area contributed by atoms with Crippen LogP contribution in [0.3, 0.4) is 0 Å². The quantitative estimate of drug-likeness (QED) is 0.586. The molecular weight excluding hydrogens is 198 g/mol. The summed E-state index contributed by atoms with van der Waals surface area (Å²) in [6.07, 6.45) is 2.87. The van der Waals surface area contributed by atoms with Gasteiger partial charge in [0, 0.05) is 0 Å². The first kappa shape index (κ1) is 17.5. The molecule has 0 aromatic rings. The molecule has 0 aliphatic heterocycles. The standard InChI is InChI=1S/3C4H9.2Al.3H/c2*1-4(2)3;1-3-4-2;;;;;/h2*4H,1H2,2-3H3;1,3-4H2,2H3;;;;;. The van der Waals surface area contributed by atoms with Gasteiger partial charge in [0.1, 0.15) is 0 Å². The molecule has 0 spiro atoms. The lowest BCUT2D eigenvalue weighted by Crippen LogP contribution is -2.17. The summed E-state index contributed by atoms with van der Waals surface area (Å²) in [4.78, 5) is 0. The van der Waals surface area contributed by atoms with Crippen LogP contribution in [0.15, 0.2) is 0 Å². The zero-order valence-electron chi connectivity index (χ0n) is 10.3. The van der Waals surface area contributed by atoms with Gasteiger partial charge in [0.05, 0.1) is 0 Å². The minimum atomic E-state index is -0.367. The Balaban J connectivity index is 0. The van der Waals surface area contributed by atoms with E-state index in [4.69, 9.17) is 0 Å². The third-order valence-electron chi connectivity index (χ3n) is 2.58. The Morgan fingerprint density at radius 3 is 1.64 bits per heavy atom. The van der Waals surface area contributed by atoms with Crippen LogP contribution in [-0.4, -0.2) is 31.5 Å². The van der Waals surface area contributed by atoms with Crippen LogP contribution in [-0.2, 0) is 0 Å². The van der Waals surface area contributed by atoms with Gasteiger partial charge in [-0.25, -0.2) is 0 Å². The molecule has 0 amide bonds. The van der Waals surface area contributed by atoms with Crippen LogP contribution in [0.25, 0.3) is 0 Å². The summed E-state index contributed by atoms with van der Waals surface area (Å²) in [7, 11) is 0. The van der Waals surface area contributed by atoms with E-state index < -0.39 is 0 Å². The number of unbranched alkanes of at least 4 members (excludes halogenated alkanes) is 1. The molecule has 0 nitrogen and oxygen atoms in total. The number of hydrogen-bond donors (Lipinski definition) is 0. The van der Waals surface area contributed by atoms with Crippen molar-refractivity contribution in [3.63, 3.8) is 0 Å². The molecule has 0 bridgehead atoms. The molecule has 0 saturated heterocycles. The fourth-order valence-electron chi connectivity index (χ4n) is 2.16. The zero-order valence-corrected chi connectivity index (χ0v) is 11.4. The predicted octanol–water partition coefficient (Wildman–Crippen LogP) is 3.41. The Kier molecular flexibility index (Phi) is 13.2. The SMILES string of the molecule is CCC[CH2][Al]([CH2]C(C)C)[CH2]C(C)C.[AlH3]. The largest absolute Gasteiger partial charge is 0.262 e. The highest BCUT2D eigenvalue weighted by Gasteiger charge is 2.18. The lowest BCUT2D eigenvalue weighted by atomic mass is 10.3. The van der Waals surface area contributed by atoms with Gasteiger partial charge < -0.3 is 0 Å². The van der Waals surface area contributed by atoms with Gasteiger partial charge in [-0.3, -0.25) is 0 Å². The smallest absolute Gasteiger partial charge is 0.0939 e. The van der Waals surface area contributed by atoms with E-state index >= 15 is 0 Å². The molecule has 0 unspecified atom stereocenters. The van der Waals surface area contributed by atoms with Gasteiger partial charge in [-0.1, -0.05) is 75.1 Å². The van der Waals surface area contributed by atoms with Crippen molar-refractivity contribution in [2.45, 2.75) is 63.3 Å². The van der Waals surface area contributed by atoms with E-state index in [1.165, 1.54) is 12.8 Å². The highest BCUT2D eigenvalue weighted by atomic mass is 27.2. The van der Waals surface area contributed by atoms with E-state index in [-0.39, 0.29) is 31.5 Å². The first-order valence-electron chi connectivity index (χ1n) is 6.06. The molecule has 0 rings (SSSR count). The van der Waals surface area contributed by atoms with Crippen molar-refractivity contribution in [1.29, 1.82) is 0 Å². The second-order valence-corrected chi connectivity index (χ2v) is 8.52. The van der Waals surface area contributed by atoms with Gasteiger partial charge in [-0.15, -0.1) is 0 Å². The molecule has 0 fully saturated rings. The normalized spacial score (nSPS) is 10.5. The molecular formula is C12H30Al2. The molecule has 2 heteroatoms. The second kappa shape index (κ2) is 10.6. The third-order valence-corrected chi connectivity index (χ3v) is 7.02. The topological polar surface area (TPSA) is 0 Å². The average molecular weight is 228 g/mol. The predicted molar refractivity (Wildman–Crippen MR) is 74.7 cm³/mol. The molecule has 14 heavy (non-hydrogen) atoms. The summed E-state index contributed by atoms with van der Waals surface area (Å²) in [5.74, 6) is 1.87. The summed E-state index contributed by atoms with van der Waals surface area (Å²) in [6.45, 7) is 11.8. The molecule has 0 heterocycles. The van der Waals surface area contributed by atoms with Crippen LogP contribution in [0.2, 0.25) is 15.8 Å². The molecule has 0 aliphatic carbocycles. The van der Waals surface area contributed by atoms with E-state index in [1.54, 1.807) is 15.8 Å². The minimum absolute atomic E-state index is 0. The molecule has 0 aromatic heterocycles. The Morgan fingerprint density at radius 2 is 1.36 bits per heavy atom. The van der Waals surface area contributed by atoms with Crippen LogP contribution < -0.4 is 0 Å². The minimum Gasteiger partial charge on any atom is -0.0939 e. The molecule has 0 saturated carbocycles. The van der Waals surface area contributed by atoms with Gasteiger partial charge in [0.25, 0.3) is 14.1 Å². The van der Waals surface area contributed by atoms with Gasteiger partial charge in [-0.2, -0.15) is 0 Å². The van der Waals surface area contributed by atoms with Crippen molar-refractivity contribution in [2.75, 3.05) is 0 Å². The molecule has 0 N–H and O–H groups in total. The van der Waals surface area contributed by atoms with Crippen LogP contribution in [0, 0.1) is 11.8 Å². The van der Waals surface area contributed by atoms with Gasteiger partial charge in [0.15, 0.2) is 17.4 Å². The van der Waals surface area contributed by atoms with Crippen molar-refractivity contribution in [1.82, 2.24) is 0 Å². The van der Waals surface area contributed by atoms with Crippen LogP contribution in [0.1, 0.15) is 47.5 Å². The van der Waals surface area contributed by atoms with E-state index in [0.29, 0.717) is 0 Å². The maximum atomic E-state index is 2.38. The zero-order chi connectivity index (χ0) is 10.3. The third kappa shape index (κ3) is 11.1. The van der Waals surface area contributed by atoms with E-state index in [2.05, 4.69) is 34.6 Å². The lowest BCUT2D eigenvalue weighted by molar-refractivity contribution is 0.682. The Bertz CT molecular complexity index is 101. The first-order valence-corrected chi connectivity index (χ1v) is 8.51. The second-order valence-electron chi connectivity index (χ2n) is 5.27. The number of rotatable bonds is 7. The van der Waals surface area contributed by atoms with E-state index in [9.17, 15) is 0 Å². The fraction of sp³-hybridized carbons (Fsp3) is 1.00. The highest BCUT2D eigenvalue weighted by Crippen LogP contribution is 2.19. The maximum absolute atomic E-state index is 2.38. The fourth-order valence-corrected chi connectivity index (χ4v) is 6.47. The summed E-state index contributed by atoms with van der Waals surface area (Å²) < 4.78 is 0. The molecule has 0 radical (unpaired) electrons.